The largest absolute Gasteiger partial charge is 0.466 e. The van der Waals surface area contributed by atoms with Gasteiger partial charge in [-0.25, -0.2) is 0 Å². The fraction of sp³-hybridized carbons (Fsp3) is 0.600. The molecule has 1 aliphatic rings. The van der Waals surface area contributed by atoms with Crippen molar-refractivity contribution in [1.29, 1.82) is 0 Å². The van der Waals surface area contributed by atoms with Crippen LogP contribution >= 0.6 is 0 Å². The van der Waals surface area contributed by atoms with Gasteiger partial charge in [0.2, 0.25) is 0 Å². The van der Waals surface area contributed by atoms with Crippen LogP contribution in [0.25, 0.3) is 0 Å². The summed E-state index contributed by atoms with van der Waals surface area (Å²) < 4.78 is 5.55. The van der Waals surface area contributed by atoms with Crippen LogP contribution in [0.2, 0.25) is 0 Å². The summed E-state index contributed by atoms with van der Waals surface area (Å²) in [5.74, 6) is 2.60. The van der Waals surface area contributed by atoms with Crippen LogP contribution in [0.4, 0.5) is 0 Å². The van der Waals surface area contributed by atoms with Gasteiger partial charge in [-0.05, 0) is 19.1 Å². The van der Waals surface area contributed by atoms with Crippen LogP contribution in [-0.2, 0) is 0 Å². The lowest BCUT2D eigenvalue weighted by Crippen LogP contribution is -2.14. The zero-order valence-electron chi connectivity index (χ0n) is 7.79. The molecule has 3 heteroatoms. The van der Waals surface area contributed by atoms with Crippen LogP contribution in [-0.4, -0.2) is 24.8 Å². The van der Waals surface area contributed by atoms with Crippen LogP contribution in [0.5, 0.6) is 0 Å². The predicted molar refractivity (Wildman–Crippen MR) is 49.6 cm³/mol. The Kier molecular flexibility index (Phi) is 2.38. The minimum Gasteiger partial charge on any atom is -0.466 e. The molecule has 0 radical (unpaired) electrons. The zero-order valence-corrected chi connectivity index (χ0v) is 7.79. The lowest BCUT2D eigenvalue weighted by molar-refractivity contribution is 0.218. The van der Waals surface area contributed by atoms with Gasteiger partial charge in [-0.3, -0.25) is 0 Å². The molecule has 0 aromatic carbocycles. The molecule has 1 aliphatic heterocycles. The molecule has 1 aromatic rings. The number of aryl methyl sites for hydroxylation is 1. The molecular formula is C10H15NO2. The van der Waals surface area contributed by atoms with E-state index in [0.717, 1.165) is 24.6 Å². The van der Waals surface area contributed by atoms with Crippen molar-refractivity contribution in [1.82, 2.24) is 5.32 Å². The molecule has 2 heterocycles. The summed E-state index contributed by atoms with van der Waals surface area (Å²) in [5, 5.41) is 12.4. The van der Waals surface area contributed by atoms with Crippen molar-refractivity contribution in [3.8, 4) is 0 Å². The third-order valence-electron chi connectivity index (χ3n) is 2.70. The Morgan fingerprint density at radius 1 is 1.54 bits per heavy atom. The predicted octanol–water partition coefficient (Wildman–Crippen LogP) is 0.883. The van der Waals surface area contributed by atoms with Crippen molar-refractivity contribution in [2.24, 2.45) is 5.92 Å². The van der Waals surface area contributed by atoms with E-state index in [1.807, 2.05) is 19.1 Å². The van der Waals surface area contributed by atoms with Crippen molar-refractivity contribution < 1.29 is 9.52 Å². The molecule has 1 fully saturated rings. The Morgan fingerprint density at radius 3 is 3.00 bits per heavy atom. The molecule has 2 rings (SSSR count). The molecule has 3 nitrogen and oxygen atoms in total. The van der Waals surface area contributed by atoms with E-state index in [-0.39, 0.29) is 6.61 Å². The Balaban J connectivity index is 2.15. The lowest BCUT2D eigenvalue weighted by atomic mass is 9.95. The van der Waals surface area contributed by atoms with Gasteiger partial charge in [0, 0.05) is 31.5 Å². The van der Waals surface area contributed by atoms with Gasteiger partial charge < -0.3 is 14.8 Å². The molecular weight excluding hydrogens is 166 g/mol. The highest BCUT2D eigenvalue weighted by Gasteiger charge is 2.29. The number of furan rings is 1. The second kappa shape index (κ2) is 3.52. The second-order valence-corrected chi connectivity index (χ2v) is 3.66. The first-order chi connectivity index (χ1) is 6.31. The molecule has 1 aromatic heterocycles. The molecule has 0 bridgehead atoms. The van der Waals surface area contributed by atoms with Gasteiger partial charge in [0.05, 0.1) is 0 Å². The smallest absolute Gasteiger partial charge is 0.108 e. The molecule has 0 spiro atoms. The minimum atomic E-state index is 0.234. The summed E-state index contributed by atoms with van der Waals surface area (Å²) in [4.78, 5) is 0. The van der Waals surface area contributed by atoms with Gasteiger partial charge in [0.15, 0.2) is 0 Å². The number of nitrogens with one attached hydrogen (secondary N) is 1. The number of aliphatic hydroxyl groups excluding tert-OH is 1. The van der Waals surface area contributed by atoms with Gasteiger partial charge in [0.1, 0.15) is 11.5 Å². The van der Waals surface area contributed by atoms with Crippen molar-refractivity contribution in [3.05, 3.63) is 23.7 Å². The second-order valence-electron chi connectivity index (χ2n) is 3.66. The number of aliphatic hydroxyl groups is 1. The normalized spacial score (nSPS) is 28.2. The van der Waals surface area contributed by atoms with Crippen molar-refractivity contribution in [2.75, 3.05) is 19.7 Å². The first-order valence-electron chi connectivity index (χ1n) is 4.69. The fourth-order valence-electron chi connectivity index (χ4n) is 1.91. The summed E-state index contributed by atoms with van der Waals surface area (Å²) in [7, 11) is 0. The minimum absolute atomic E-state index is 0.234. The van der Waals surface area contributed by atoms with E-state index in [9.17, 15) is 0 Å². The molecule has 0 aliphatic carbocycles. The molecule has 2 N–H and O–H groups in total. The highest BCUT2D eigenvalue weighted by molar-refractivity contribution is 5.13. The molecule has 1 saturated heterocycles. The third-order valence-corrected chi connectivity index (χ3v) is 2.70. The van der Waals surface area contributed by atoms with E-state index in [1.165, 1.54) is 0 Å². The maximum absolute atomic E-state index is 9.12. The number of hydrogen-bond acceptors (Lipinski definition) is 3. The quantitative estimate of drug-likeness (QED) is 0.712. The summed E-state index contributed by atoms with van der Waals surface area (Å²) >= 11 is 0. The van der Waals surface area contributed by atoms with Gasteiger partial charge >= 0.3 is 0 Å². The average molecular weight is 181 g/mol. The zero-order chi connectivity index (χ0) is 9.26. The first-order valence-corrected chi connectivity index (χ1v) is 4.69. The summed E-state index contributed by atoms with van der Waals surface area (Å²) in [6.07, 6.45) is 0. The van der Waals surface area contributed by atoms with E-state index in [1.54, 1.807) is 0 Å². The summed E-state index contributed by atoms with van der Waals surface area (Å²) in [6.45, 7) is 3.98. The fourth-order valence-corrected chi connectivity index (χ4v) is 1.91. The van der Waals surface area contributed by atoms with Gasteiger partial charge in [-0.1, -0.05) is 0 Å². The molecule has 0 amide bonds. The Hall–Kier alpha value is -0.800. The Labute approximate surface area is 77.8 Å². The van der Waals surface area contributed by atoms with Crippen molar-refractivity contribution >= 4 is 0 Å². The van der Waals surface area contributed by atoms with Crippen molar-refractivity contribution in [3.63, 3.8) is 0 Å². The van der Waals surface area contributed by atoms with Gasteiger partial charge in [-0.15, -0.1) is 0 Å². The number of hydrogen-bond donors (Lipinski definition) is 2. The van der Waals surface area contributed by atoms with Crippen LogP contribution < -0.4 is 5.32 Å². The van der Waals surface area contributed by atoms with Crippen LogP contribution in [0.15, 0.2) is 16.5 Å². The monoisotopic (exact) mass is 181 g/mol. The first kappa shape index (κ1) is 8.78. The Bertz CT molecular complexity index is 282. The van der Waals surface area contributed by atoms with E-state index < -0.39 is 0 Å². The molecule has 13 heavy (non-hydrogen) atoms. The summed E-state index contributed by atoms with van der Waals surface area (Å²) in [5.41, 5.74) is 0. The topological polar surface area (TPSA) is 45.4 Å². The number of rotatable bonds is 2. The molecule has 2 atom stereocenters. The lowest BCUT2D eigenvalue weighted by Gasteiger charge is -2.12. The van der Waals surface area contributed by atoms with Crippen LogP contribution in [0.1, 0.15) is 17.4 Å². The third kappa shape index (κ3) is 1.62. The van der Waals surface area contributed by atoms with Crippen LogP contribution in [0, 0.1) is 12.8 Å². The van der Waals surface area contributed by atoms with Gasteiger partial charge in [0.25, 0.3) is 0 Å². The highest BCUT2D eigenvalue weighted by Crippen LogP contribution is 2.28. The highest BCUT2D eigenvalue weighted by atomic mass is 16.3. The molecule has 0 saturated carbocycles. The SMILES string of the molecule is Cc1ccc([C@H]2CNC[C@@H]2CO)o1. The van der Waals surface area contributed by atoms with E-state index >= 15 is 0 Å². The molecule has 72 valence electrons. The van der Waals surface area contributed by atoms with E-state index in [4.69, 9.17) is 9.52 Å². The maximum Gasteiger partial charge on any atom is 0.108 e. The Morgan fingerprint density at radius 2 is 2.38 bits per heavy atom. The van der Waals surface area contributed by atoms with Crippen LogP contribution in [0.3, 0.4) is 0 Å². The van der Waals surface area contributed by atoms with E-state index in [0.29, 0.717) is 11.8 Å². The average Bonchev–Trinajstić information content (AvgIpc) is 2.71. The van der Waals surface area contributed by atoms with Crippen molar-refractivity contribution in [2.45, 2.75) is 12.8 Å². The standard InChI is InChI=1S/C10H15NO2/c1-7-2-3-10(13-7)9-5-11-4-8(9)6-12/h2-3,8-9,11-12H,4-6H2,1H3/t8-,9+/m1/s1. The molecule has 0 unspecified atom stereocenters. The van der Waals surface area contributed by atoms with Gasteiger partial charge in [-0.2, -0.15) is 0 Å². The van der Waals surface area contributed by atoms with E-state index in [2.05, 4.69) is 5.32 Å². The maximum atomic E-state index is 9.12. The summed E-state index contributed by atoms with van der Waals surface area (Å²) in [6, 6.07) is 3.98.